The summed E-state index contributed by atoms with van der Waals surface area (Å²) in [5.41, 5.74) is 5.76. The molecule has 1 heterocycles. The molecule has 0 amide bonds. The molecule has 0 radical (unpaired) electrons. The third kappa shape index (κ3) is 5.31. The third-order valence-electron chi connectivity index (χ3n) is 2.15. The van der Waals surface area contributed by atoms with Gasteiger partial charge in [0.05, 0.1) is 24.9 Å². The molecule has 0 aromatic carbocycles. The molecule has 1 aromatic heterocycles. The highest BCUT2D eigenvalue weighted by molar-refractivity contribution is 5.15. The predicted octanol–water partition coefficient (Wildman–Crippen LogP) is -0.629. The number of nitrogens with two attached hydrogens (primary N) is 1. The molecule has 1 aromatic rings. The normalized spacial score (nSPS) is 13.7. The number of rotatable bonds is 7. The Morgan fingerprint density at radius 2 is 2.47 bits per heavy atom. The van der Waals surface area contributed by atoms with E-state index >= 15 is 0 Å². The van der Waals surface area contributed by atoms with Gasteiger partial charge in [-0.1, -0.05) is 5.92 Å². The lowest BCUT2D eigenvalue weighted by atomic mass is 10.2. The molecular weight excluding hydrogens is 218 g/mol. The van der Waals surface area contributed by atoms with E-state index in [4.69, 9.17) is 16.9 Å². The molecule has 0 aliphatic carbocycles. The molecule has 2 atom stereocenters. The zero-order valence-corrected chi connectivity index (χ0v) is 9.54. The summed E-state index contributed by atoms with van der Waals surface area (Å²) in [6.45, 7) is 0.986. The van der Waals surface area contributed by atoms with Crippen molar-refractivity contribution in [2.75, 3.05) is 19.7 Å². The second-order valence-electron chi connectivity index (χ2n) is 3.57. The minimum atomic E-state index is -0.694. The van der Waals surface area contributed by atoms with E-state index in [2.05, 4.69) is 16.2 Å². The Hall–Kier alpha value is -1.61. The summed E-state index contributed by atoms with van der Waals surface area (Å²) in [4.78, 5) is 3.91. The van der Waals surface area contributed by atoms with E-state index in [9.17, 15) is 5.11 Å². The highest BCUT2D eigenvalue weighted by atomic mass is 16.5. The van der Waals surface area contributed by atoms with Gasteiger partial charge in [-0.05, 0) is 12.1 Å². The number of pyridine rings is 1. The summed E-state index contributed by atoms with van der Waals surface area (Å²) in [7, 11) is 0. The van der Waals surface area contributed by atoms with Gasteiger partial charge in [-0.3, -0.25) is 4.98 Å². The van der Waals surface area contributed by atoms with Crippen LogP contribution in [0.3, 0.4) is 0 Å². The van der Waals surface area contributed by atoms with Crippen LogP contribution in [0.5, 0.6) is 5.75 Å². The highest BCUT2D eigenvalue weighted by Crippen LogP contribution is 2.06. The van der Waals surface area contributed by atoms with Gasteiger partial charge in [0.2, 0.25) is 0 Å². The van der Waals surface area contributed by atoms with Gasteiger partial charge < -0.3 is 20.9 Å². The van der Waals surface area contributed by atoms with Crippen LogP contribution in [0.1, 0.15) is 0 Å². The Morgan fingerprint density at radius 1 is 1.65 bits per heavy atom. The Bertz CT molecular complexity index is 351. The van der Waals surface area contributed by atoms with Gasteiger partial charge >= 0.3 is 0 Å². The number of aliphatic hydroxyl groups is 1. The largest absolute Gasteiger partial charge is 0.490 e. The van der Waals surface area contributed by atoms with E-state index < -0.39 is 12.1 Å². The number of aliphatic hydroxyl groups excluding tert-OH is 1. The molecule has 4 N–H and O–H groups in total. The van der Waals surface area contributed by atoms with Crippen molar-refractivity contribution in [1.82, 2.24) is 10.3 Å². The number of ether oxygens (including phenoxy) is 1. The van der Waals surface area contributed by atoms with E-state index in [1.165, 1.54) is 0 Å². The zero-order valence-electron chi connectivity index (χ0n) is 9.54. The lowest BCUT2D eigenvalue weighted by Crippen LogP contribution is -2.45. The van der Waals surface area contributed by atoms with Gasteiger partial charge in [-0.15, -0.1) is 6.42 Å². The summed E-state index contributed by atoms with van der Waals surface area (Å²) in [5.74, 6) is 3.05. The summed E-state index contributed by atoms with van der Waals surface area (Å²) in [5, 5.41) is 12.6. The van der Waals surface area contributed by atoms with Crippen LogP contribution >= 0.6 is 0 Å². The van der Waals surface area contributed by atoms with Crippen LogP contribution in [0.15, 0.2) is 24.5 Å². The van der Waals surface area contributed by atoms with Gasteiger partial charge in [0.25, 0.3) is 0 Å². The van der Waals surface area contributed by atoms with Crippen molar-refractivity contribution in [3.05, 3.63) is 24.5 Å². The van der Waals surface area contributed by atoms with E-state index in [0.717, 1.165) is 0 Å². The molecule has 0 aliphatic heterocycles. The van der Waals surface area contributed by atoms with Crippen LogP contribution in [0.2, 0.25) is 0 Å². The maximum Gasteiger partial charge on any atom is 0.137 e. The highest BCUT2D eigenvalue weighted by Gasteiger charge is 2.14. The van der Waals surface area contributed by atoms with E-state index in [1.807, 2.05) is 0 Å². The van der Waals surface area contributed by atoms with E-state index in [-0.39, 0.29) is 6.61 Å². The molecule has 5 heteroatoms. The second-order valence-corrected chi connectivity index (χ2v) is 3.57. The molecule has 92 valence electrons. The van der Waals surface area contributed by atoms with Crippen LogP contribution in [0, 0.1) is 12.3 Å². The van der Waals surface area contributed by atoms with Crippen LogP contribution < -0.4 is 15.8 Å². The lowest BCUT2D eigenvalue weighted by Gasteiger charge is -2.19. The van der Waals surface area contributed by atoms with Gasteiger partial charge in [0.15, 0.2) is 0 Å². The quantitative estimate of drug-likeness (QED) is 0.433. The Kier molecular flexibility index (Phi) is 6.04. The predicted molar refractivity (Wildman–Crippen MR) is 65.4 cm³/mol. The molecule has 0 saturated carbocycles. The number of hydrogen-bond donors (Lipinski definition) is 3. The first kappa shape index (κ1) is 13.5. The van der Waals surface area contributed by atoms with Crippen molar-refractivity contribution in [3.63, 3.8) is 0 Å². The summed E-state index contributed by atoms with van der Waals surface area (Å²) >= 11 is 0. The summed E-state index contributed by atoms with van der Waals surface area (Å²) in [6.07, 6.45) is 7.63. The molecule has 0 bridgehead atoms. The van der Waals surface area contributed by atoms with Gasteiger partial charge in [0.1, 0.15) is 12.4 Å². The third-order valence-corrected chi connectivity index (χ3v) is 2.15. The van der Waals surface area contributed by atoms with Crippen molar-refractivity contribution in [3.8, 4) is 18.1 Å². The molecule has 0 aliphatic rings. The van der Waals surface area contributed by atoms with Crippen LogP contribution in [-0.4, -0.2) is 41.9 Å². The molecule has 0 spiro atoms. The van der Waals surface area contributed by atoms with Crippen molar-refractivity contribution < 1.29 is 9.84 Å². The minimum absolute atomic E-state index is 0.227. The zero-order chi connectivity index (χ0) is 12.5. The number of aromatic nitrogens is 1. The Morgan fingerprint density at radius 3 is 3.12 bits per heavy atom. The Balaban J connectivity index is 2.24. The van der Waals surface area contributed by atoms with Crippen LogP contribution in [0.4, 0.5) is 0 Å². The standard InChI is InChI=1S/C12H17N3O2/c1-2-5-14-8-12(16)11(13)9-17-10-4-3-6-15-7-10/h1,3-4,6-7,11-12,14,16H,5,8-9,13H2/t11-,12+/m0/s1. The van der Waals surface area contributed by atoms with Gasteiger partial charge in [-0.25, -0.2) is 0 Å². The van der Waals surface area contributed by atoms with E-state index in [0.29, 0.717) is 18.8 Å². The van der Waals surface area contributed by atoms with Crippen LogP contribution in [-0.2, 0) is 0 Å². The molecule has 17 heavy (non-hydrogen) atoms. The topological polar surface area (TPSA) is 80.4 Å². The van der Waals surface area contributed by atoms with Crippen molar-refractivity contribution >= 4 is 0 Å². The fourth-order valence-corrected chi connectivity index (χ4v) is 1.18. The van der Waals surface area contributed by atoms with Crippen LogP contribution in [0.25, 0.3) is 0 Å². The lowest BCUT2D eigenvalue weighted by molar-refractivity contribution is 0.115. The average Bonchev–Trinajstić information content (AvgIpc) is 2.37. The maximum atomic E-state index is 9.67. The number of terminal acetylenes is 1. The molecular formula is C12H17N3O2. The molecule has 0 unspecified atom stereocenters. The summed E-state index contributed by atoms with van der Waals surface area (Å²) < 4.78 is 5.38. The monoisotopic (exact) mass is 235 g/mol. The second kappa shape index (κ2) is 7.63. The SMILES string of the molecule is C#CCNC[C@@H](O)[C@@H](N)COc1cccnc1. The minimum Gasteiger partial charge on any atom is -0.490 e. The molecule has 0 fully saturated rings. The number of nitrogens with zero attached hydrogens (tertiary/aromatic N) is 1. The smallest absolute Gasteiger partial charge is 0.137 e. The van der Waals surface area contributed by atoms with E-state index in [1.54, 1.807) is 24.5 Å². The van der Waals surface area contributed by atoms with Crippen molar-refractivity contribution in [2.24, 2.45) is 5.73 Å². The van der Waals surface area contributed by atoms with Gasteiger partial charge in [-0.2, -0.15) is 0 Å². The molecule has 5 nitrogen and oxygen atoms in total. The fraction of sp³-hybridized carbons (Fsp3) is 0.417. The molecule has 1 rings (SSSR count). The van der Waals surface area contributed by atoms with Crippen molar-refractivity contribution in [2.45, 2.75) is 12.1 Å². The summed E-state index contributed by atoms with van der Waals surface area (Å²) in [6, 6.07) is 3.08. The van der Waals surface area contributed by atoms with Gasteiger partial charge in [0, 0.05) is 12.7 Å². The number of hydrogen-bond acceptors (Lipinski definition) is 5. The first-order valence-electron chi connectivity index (χ1n) is 5.34. The number of nitrogens with one attached hydrogen (secondary N) is 1. The molecule has 0 saturated heterocycles. The fourth-order valence-electron chi connectivity index (χ4n) is 1.18. The first-order valence-corrected chi connectivity index (χ1v) is 5.34. The first-order chi connectivity index (χ1) is 8.24. The maximum absolute atomic E-state index is 9.67. The van der Waals surface area contributed by atoms with Crippen molar-refractivity contribution in [1.29, 1.82) is 0 Å². The Labute approximate surface area is 101 Å². The average molecular weight is 235 g/mol.